The van der Waals surface area contributed by atoms with Gasteiger partial charge in [-0.05, 0) is 215 Å². The molecule has 5 unspecified atom stereocenters. The van der Waals surface area contributed by atoms with Gasteiger partial charge in [-0.2, -0.15) is 25.5 Å². The van der Waals surface area contributed by atoms with E-state index < -0.39 is 65.1 Å². The minimum Gasteiger partial charge on any atom is -0.482 e. The zero-order valence-corrected chi connectivity index (χ0v) is 90.8. The fourth-order valence-electron chi connectivity index (χ4n) is 16.0. The predicted octanol–water partition coefficient (Wildman–Crippen LogP) is 24.4. The number of rotatable bonds is 29. The van der Waals surface area contributed by atoms with E-state index in [0.717, 1.165) is 101 Å². The second-order valence-electron chi connectivity index (χ2n) is 35.9. The van der Waals surface area contributed by atoms with Crippen molar-refractivity contribution >= 4 is 157 Å². The van der Waals surface area contributed by atoms with Gasteiger partial charge in [0.2, 0.25) is 5.91 Å². The van der Waals surface area contributed by atoms with Gasteiger partial charge in [0.25, 0.3) is 0 Å². The summed E-state index contributed by atoms with van der Waals surface area (Å²) in [5.41, 5.74) is 48.1. The zero-order chi connectivity index (χ0) is 108. The molecule has 0 bridgehead atoms. The first kappa shape index (κ1) is 114. The molecule has 31 nitrogen and oxygen atoms in total. The number of aromatic amines is 2. The van der Waals surface area contributed by atoms with Crippen molar-refractivity contribution < 1.29 is 50.4 Å². The number of ether oxygens (including phenoxy) is 5. The van der Waals surface area contributed by atoms with Crippen molar-refractivity contribution in [1.82, 2.24) is 95.1 Å². The van der Waals surface area contributed by atoms with E-state index in [0.29, 0.717) is 107 Å². The molecule has 16 N–H and O–H groups in total. The SMILES string of the molecule is CC(Oc1cc(-c2cnn(C(C)(C)C(=O)N3CCNCC3)c2)cnc1N)c1c(Cl)ccc(F)c1Cl.CC(Oc1cc(-c2cnn(C)c2N)cnc1N)c1c(Cl)ccc(F)c1Cl.Cc1[nH]ncc1-c1cnc(N)c(OC(C)c2c(Cl)ccc(F)c2Cl)c1.Cc1c(-c2cnc(N)c(OC(C)c3c(Cl)ccc(F)c3Cl)c2)cnn1C(C)(C)CNCCCN(C)C.Cc1n[nH]c(C)c1-c1cnc(N)c(OC(C)c2c(Cl)ccc(F)c2Cl)c1. The van der Waals surface area contributed by atoms with Crippen LogP contribution in [0.1, 0.15) is 150 Å². The Kier molecular flexibility index (Phi) is 38.5. The number of benzene rings is 5. The molecule has 0 spiro atoms. The van der Waals surface area contributed by atoms with Crippen LogP contribution in [0.4, 0.5) is 56.9 Å². The van der Waals surface area contributed by atoms with E-state index in [1.807, 2.05) is 57.3 Å². The molecule has 784 valence electrons. The maximum atomic E-state index is 14.0. The number of pyridine rings is 5. The summed E-state index contributed by atoms with van der Waals surface area (Å²) in [7, 11) is 5.89. The van der Waals surface area contributed by atoms with Gasteiger partial charge in [-0.25, -0.2) is 46.9 Å². The zero-order valence-electron chi connectivity index (χ0n) is 83.3. The van der Waals surface area contributed by atoms with Crippen LogP contribution in [0.25, 0.3) is 55.6 Å². The Balaban J connectivity index is 0.000000166. The number of aryl methyl sites for hydroxylation is 4. The van der Waals surface area contributed by atoms with Crippen LogP contribution in [0.15, 0.2) is 153 Å². The number of piperazine rings is 1. The van der Waals surface area contributed by atoms with Gasteiger partial charge in [-0.3, -0.25) is 29.0 Å². The Hall–Kier alpha value is -12.4. The Morgan fingerprint density at radius 2 is 0.811 bits per heavy atom. The summed E-state index contributed by atoms with van der Waals surface area (Å²) in [6, 6.07) is 21.9. The van der Waals surface area contributed by atoms with E-state index in [2.05, 4.69) is 104 Å². The third kappa shape index (κ3) is 27.1. The van der Waals surface area contributed by atoms with Crippen LogP contribution < -0.4 is 68.7 Å². The van der Waals surface area contributed by atoms with Crippen molar-refractivity contribution in [3.63, 3.8) is 0 Å². The number of carbonyl (C=O) groups is 1. The van der Waals surface area contributed by atoms with Gasteiger partial charge in [-0.1, -0.05) is 116 Å². The normalized spacial score (nSPS) is 13.1. The highest BCUT2D eigenvalue weighted by atomic mass is 35.5. The van der Waals surface area contributed by atoms with Crippen molar-refractivity contribution in [3.05, 3.63) is 283 Å². The van der Waals surface area contributed by atoms with Crippen LogP contribution >= 0.6 is 116 Å². The summed E-state index contributed by atoms with van der Waals surface area (Å²) in [4.78, 5) is 38.2. The van der Waals surface area contributed by atoms with Gasteiger partial charge in [0.05, 0.1) is 61.1 Å². The third-order valence-corrected chi connectivity index (χ3v) is 27.6. The molecular weight excluding hydrogens is 2120 g/mol. The lowest BCUT2D eigenvalue weighted by molar-refractivity contribution is -0.140. The number of H-pyrrole nitrogens is 2. The third-order valence-electron chi connectivity index (χ3n) is 24.0. The molecule has 0 radical (unpaired) electrons. The molecule has 10 aromatic heterocycles. The van der Waals surface area contributed by atoms with Gasteiger partial charge < -0.3 is 78.5 Å². The summed E-state index contributed by atoms with van der Waals surface area (Å²) in [6.07, 6.45) is 14.6. The Morgan fingerprint density at radius 3 is 1.17 bits per heavy atom. The van der Waals surface area contributed by atoms with E-state index in [-0.39, 0.29) is 76.4 Å². The van der Waals surface area contributed by atoms with E-state index >= 15 is 0 Å². The van der Waals surface area contributed by atoms with Crippen molar-refractivity contribution in [2.24, 2.45) is 7.05 Å². The lowest BCUT2D eigenvalue weighted by Gasteiger charge is -2.34. The maximum absolute atomic E-state index is 14.0. The highest BCUT2D eigenvalue weighted by Crippen LogP contribution is 2.46. The van der Waals surface area contributed by atoms with Crippen LogP contribution in [0, 0.1) is 56.8 Å². The highest BCUT2D eigenvalue weighted by Gasteiger charge is 2.37. The number of hydrogen-bond acceptors (Lipinski definition) is 25. The van der Waals surface area contributed by atoms with Crippen LogP contribution in [-0.4, -0.2) is 150 Å². The molecule has 5 atom stereocenters. The van der Waals surface area contributed by atoms with Crippen LogP contribution in [-0.2, 0) is 22.9 Å². The topological polar surface area (TPSA) is 425 Å². The Bertz CT molecular complexity index is 7250. The summed E-state index contributed by atoms with van der Waals surface area (Å²) in [6.45, 7) is 29.9. The quantitative estimate of drug-likeness (QED) is 0.0118. The second kappa shape index (κ2) is 49.8. The molecule has 0 aliphatic carbocycles. The molecule has 1 aliphatic heterocycles. The predicted molar refractivity (Wildman–Crippen MR) is 578 cm³/mol. The average molecular weight is 2230 g/mol. The molecule has 16 rings (SSSR count). The van der Waals surface area contributed by atoms with Crippen molar-refractivity contribution in [1.29, 1.82) is 0 Å². The smallest absolute Gasteiger partial charge is 0.250 e. The molecule has 5 aromatic carbocycles. The number of nitrogen functional groups attached to an aromatic ring is 6. The molecule has 1 amide bonds. The van der Waals surface area contributed by atoms with E-state index in [4.69, 9.17) is 174 Å². The maximum Gasteiger partial charge on any atom is 0.250 e. The minimum absolute atomic E-state index is 0.00535. The fraction of sp³-hybridized carbons (Fsp3) is 0.304. The first-order chi connectivity index (χ1) is 70.0. The molecule has 1 saturated heterocycles. The standard InChI is InChI=1S/C26H35Cl2FN6O.C24H27Cl2FN6O2.C18H17Cl2FN4O.C17H16Cl2FN5O.C17H15Cl2FN4O/c1-16-19(14-33-35(16)26(3,4)15-31-10-7-11-34(5)6)18-12-22(25(30)32-13-18)36-17(2)23-20(27)8-9-21(29)24(23)28;1-14(20-17(25)4-5-18(27)21(20)26)35-19-10-15(11-30-22(19)28)16-12-31-33(13-16)24(2,3)23(34)32-8-6-29-7-9-32;1-8-15(9(2)25-24-8)11-6-14(18(22)23-7-11)26-10(3)16-12(19)4-5-13(21)17(16)20;1-8(14-11(18)3-4-12(20)15(14)19)26-13-5-9(6-23-16(13)21)10-7-24-25(2)17(10)22;1-8-11(7-23-24-8)10-5-14(17(21)22-6-10)25-9(2)15-12(18)3-4-13(20)16(15)19/h8-9,12-14,17,31H,7,10-11,15H2,1-6H3,(H2,30,32);4-5,10-14,29H,6-9H2,1-3H3,(H2,28,30);4-7,10H,1-3H3,(H2,22,23)(H,24,25);3-8H,22H2,1-2H3,(H2,21,23);3-7,9H,1-2H3,(H2,21,22)(H,23,24). The molecule has 1 fully saturated rings. The highest BCUT2D eigenvalue weighted by molar-refractivity contribution is 6.38. The molecule has 46 heteroatoms. The average Bonchev–Trinajstić information content (AvgIpc) is 1.62. The minimum atomic E-state index is -0.866. The first-order valence-corrected chi connectivity index (χ1v) is 49.8. The van der Waals surface area contributed by atoms with Crippen LogP contribution in [0.2, 0.25) is 50.2 Å². The lowest BCUT2D eigenvalue weighted by Crippen LogP contribution is -2.53. The number of aromatic nitrogens is 15. The van der Waals surface area contributed by atoms with E-state index in [1.54, 1.807) is 137 Å². The number of nitrogens with one attached hydrogen (secondary N) is 4. The molecule has 15 aromatic rings. The Labute approximate surface area is 902 Å². The van der Waals surface area contributed by atoms with E-state index in [1.165, 1.54) is 60.7 Å². The largest absolute Gasteiger partial charge is 0.482 e. The fourth-order valence-corrected chi connectivity index (χ4v) is 19.4. The summed E-state index contributed by atoms with van der Waals surface area (Å²) < 4.78 is 104. The number of nitrogens with zero attached hydrogens (tertiary/aromatic N) is 15. The summed E-state index contributed by atoms with van der Waals surface area (Å²) in [5.74, 6) is 0.223. The van der Waals surface area contributed by atoms with Crippen LogP contribution in [0.5, 0.6) is 28.7 Å². The summed E-state index contributed by atoms with van der Waals surface area (Å²) in [5, 5.41) is 35.1. The number of amides is 1. The molecule has 11 heterocycles. The van der Waals surface area contributed by atoms with Crippen molar-refractivity contribution in [2.45, 2.75) is 138 Å². The van der Waals surface area contributed by atoms with Crippen molar-refractivity contribution in [3.8, 4) is 84.4 Å². The van der Waals surface area contributed by atoms with Gasteiger partial charge in [0, 0.05) is 203 Å². The van der Waals surface area contributed by atoms with Gasteiger partial charge in [0.15, 0.2) is 57.8 Å². The molecule has 0 saturated carbocycles. The number of hydrogen-bond donors (Lipinski definition) is 10. The number of halogens is 15. The van der Waals surface area contributed by atoms with Gasteiger partial charge >= 0.3 is 0 Å². The van der Waals surface area contributed by atoms with Gasteiger partial charge in [-0.15, -0.1) is 0 Å². The van der Waals surface area contributed by atoms with Gasteiger partial charge in [0.1, 0.15) is 71.0 Å². The first-order valence-electron chi connectivity index (χ1n) is 46.0. The van der Waals surface area contributed by atoms with Crippen molar-refractivity contribution in [2.75, 3.05) is 94.3 Å². The number of nitrogens with two attached hydrogens (primary N) is 6. The number of anilines is 6. The molecule has 148 heavy (non-hydrogen) atoms. The van der Waals surface area contributed by atoms with Crippen LogP contribution in [0.3, 0.4) is 0 Å². The summed E-state index contributed by atoms with van der Waals surface area (Å²) >= 11 is 61.4. The number of carbonyl (C=O) groups excluding carboxylic acids is 1. The lowest BCUT2D eigenvalue weighted by atomic mass is 10.0. The molecule has 1 aliphatic rings. The second-order valence-corrected chi connectivity index (χ2v) is 39.8. The van der Waals surface area contributed by atoms with E-state index in [9.17, 15) is 26.7 Å². The Morgan fingerprint density at radius 1 is 0.453 bits per heavy atom. The monoisotopic (exact) mass is 2230 g/mol. The molecular formula is C102H110Cl10F5N25O6.